The van der Waals surface area contributed by atoms with E-state index in [0.29, 0.717) is 0 Å². The Hall–Kier alpha value is -1.90. The molecule has 0 saturated carbocycles. The summed E-state index contributed by atoms with van der Waals surface area (Å²) in [4.78, 5) is 0. The van der Waals surface area contributed by atoms with Crippen LogP contribution in [0.3, 0.4) is 0 Å². The number of benzene rings is 2. The molecule has 1 aliphatic rings. The van der Waals surface area contributed by atoms with E-state index in [1.165, 1.54) is 16.7 Å². The molecule has 2 aromatic rings. The van der Waals surface area contributed by atoms with Gasteiger partial charge in [-0.2, -0.15) is 0 Å². The third-order valence-electron chi connectivity index (χ3n) is 3.77. The highest BCUT2D eigenvalue weighted by Gasteiger charge is 2.29. The van der Waals surface area contributed by atoms with Crippen LogP contribution in [0.25, 0.3) is 6.08 Å². The maximum absolute atomic E-state index is 10.1. The van der Waals surface area contributed by atoms with Crippen LogP contribution >= 0.6 is 0 Å². The zero-order chi connectivity index (χ0) is 13.8. The van der Waals surface area contributed by atoms with Gasteiger partial charge in [-0.15, -0.1) is 0 Å². The number of hydrogen-bond donors (Lipinski definition) is 2. The Labute approximate surface area is 119 Å². The summed E-state index contributed by atoms with van der Waals surface area (Å²) in [7, 11) is 0. The molecule has 2 nitrogen and oxygen atoms in total. The Kier molecular flexibility index (Phi) is 3.95. The van der Waals surface area contributed by atoms with Gasteiger partial charge >= 0.3 is 0 Å². The number of nitrogens with one attached hydrogen (secondary N) is 1. The fourth-order valence-corrected chi connectivity index (χ4v) is 2.77. The minimum Gasteiger partial charge on any atom is -0.391 e. The summed E-state index contributed by atoms with van der Waals surface area (Å²) >= 11 is 0. The summed E-state index contributed by atoms with van der Waals surface area (Å²) in [5.41, 5.74) is 3.68. The van der Waals surface area contributed by atoms with Gasteiger partial charge in [0.25, 0.3) is 0 Å². The Balaban J connectivity index is 1.60. The van der Waals surface area contributed by atoms with Gasteiger partial charge in [0.05, 0.1) is 12.1 Å². The first-order valence-corrected chi connectivity index (χ1v) is 7.05. The van der Waals surface area contributed by atoms with E-state index in [1.807, 2.05) is 30.3 Å². The lowest BCUT2D eigenvalue weighted by atomic mass is 10.1. The molecule has 0 spiro atoms. The van der Waals surface area contributed by atoms with E-state index in [-0.39, 0.29) is 12.1 Å². The first-order chi connectivity index (χ1) is 9.84. The van der Waals surface area contributed by atoms with Gasteiger partial charge in [0.2, 0.25) is 0 Å². The van der Waals surface area contributed by atoms with Crippen molar-refractivity contribution in [3.8, 4) is 0 Å². The van der Waals surface area contributed by atoms with E-state index in [0.717, 1.165) is 13.0 Å². The molecule has 3 rings (SSSR count). The van der Waals surface area contributed by atoms with Gasteiger partial charge in [-0.05, 0) is 16.7 Å². The highest BCUT2D eigenvalue weighted by molar-refractivity contribution is 5.48. The molecule has 0 saturated heterocycles. The topological polar surface area (TPSA) is 32.3 Å². The number of fused-ring (bicyclic) bond motifs is 1. The van der Waals surface area contributed by atoms with Crippen molar-refractivity contribution in [1.29, 1.82) is 0 Å². The van der Waals surface area contributed by atoms with Gasteiger partial charge in [-0.25, -0.2) is 0 Å². The normalized spacial score (nSPS) is 21.2. The molecule has 0 aromatic heterocycles. The molecule has 2 N–H and O–H groups in total. The molecule has 0 heterocycles. The monoisotopic (exact) mass is 265 g/mol. The van der Waals surface area contributed by atoms with Crippen LogP contribution in [-0.2, 0) is 6.42 Å². The zero-order valence-electron chi connectivity index (χ0n) is 11.4. The van der Waals surface area contributed by atoms with Crippen LogP contribution in [0.5, 0.6) is 0 Å². The molecule has 0 bridgehead atoms. The summed E-state index contributed by atoms with van der Waals surface area (Å²) in [6.07, 6.45) is 4.62. The van der Waals surface area contributed by atoms with E-state index in [1.54, 1.807) is 0 Å². The van der Waals surface area contributed by atoms with Crippen molar-refractivity contribution in [2.75, 3.05) is 6.54 Å². The lowest BCUT2D eigenvalue weighted by molar-refractivity contribution is 0.143. The van der Waals surface area contributed by atoms with E-state index >= 15 is 0 Å². The van der Waals surface area contributed by atoms with Crippen molar-refractivity contribution >= 4 is 6.08 Å². The summed E-state index contributed by atoms with van der Waals surface area (Å²) in [6.45, 7) is 0.755. The molecule has 2 aromatic carbocycles. The van der Waals surface area contributed by atoms with Crippen LogP contribution in [-0.4, -0.2) is 17.8 Å². The molecule has 1 aliphatic carbocycles. The van der Waals surface area contributed by atoms with E-state index in [4.69, 9.17) is 0 Å². The van der Waals surface area contributed by atoms with Crippen molar-refractivity contribution in [2.45, 2.75) is 18.6 Å². The number of rotatable bonds is 4. The smallest absolute Gasteiger partial charge is 0.0775 e. The molecule has 102 valence electrons. The molecule has 0 unspecified atom stereocenters. The molecule has 0 amide bonds. The first kappa shape index (κ1) is 13.1. The standard InChI is InChI=1S/C18H19NO/c20-17-13-15-10-4-5-11-16(15)18(17)19-12-6-9-14-7-2-1-3-8-14/h1-11,17-20H,12-13H2/t17-,18+/m0/s1. The summed E-state index contributed by atoms with van der Waals surface area (Å²) in [5.74, 6) is 0. The van der Waals surface area contributed by atoms with Crippen LogP contribution in [0.15, 0.2) is 60.7 Å². The molecular weight excluding hydrogens is 246 g/mol. The Morgan fingerprint density at radius 1 is 1.05 bits per heavy atom. The molecule has 20 heavy (non-hydrogen) atoms. The van der Waals surface area contributed by atoms with Gasteiger partial charge in [-0.3, -0.25) is 0 Å². The van der Waals surface area contributed by atoms with Gasteiger partial charge in [0.1, 0.15) is 0 Å². The highest BCUT2D eigenvalue weighted by Crippen LogP contribution is 2.30. The Bertz CT molecular complexity index is 591. The average Bonchev–Trinajstić information content (AvgIpc) is 2.80. The Morgan fingerprint density at radius 2 is 1.80 bits per heavy atom. The van der Waals surface area contributed by atoms with Crippen LogP contribution in [0.2, 0.25) is 0 Å². The molecular formula is C18H19NO. The van der Waals surface area contributed by atoms with Crippen LogP contribution in [0.4, 0.5) is 0 Å². The number of aliphatic hydroxyl groups excluding tert-OH is 1. The maximum atomic E-state index is 10.1. The predicted octanol–water partition coefficient (Wildman–Crippen LogP) is 2.95. The molecule has 0 aliphatic heterocycles. The van der Waals surface area contributed by atoms with Crippen molar-refractivity contribution in [3.63, 3.8) is 0 Å². The minimum absolute atomic E-state index is 0.0478. The fourth-order valence-electron chi connectivity index (χ4n) is 2.77. The van der Waals surface area contributed by atoms with E-state index in [9.17, 15) is 5.11 Å². The van der Waals surface area contributed by atoms with E-state index < -0.39 is 0 Å². The second-order valence-corrected chi connectivity index (χ2v) is 5.17. The fraction of sp³-hybridized carbons (Fsp3) is 0.222. The average molecular weight is 265 g/mol. The van der Waals surface area contributed by atoms with Crippen LogP contribution in [0.1, 0.15) is 22.7 Å². The minimum atomic E-state index is -0.322. The van der Waals surface area contributed by atoms with Crippen LogP contribution < -0.4 is 5.32 Å². The second kappa shape index (κ2) is 6.04. The maximum Gasteiger partial charge on any atom is 0.0775 e. The third kappa shape index (κ3) is 2.82. The van der Waals surface area contributed by atoms with Crippen molar-refractivity contribution in [3.05, 3.63) is 77.4 Å². The summed E-state index contributed by atoms with van der Waals surface area (Å²) < 4.78 is 0. The molecule has 2 heteroatoms. The third-order valence-corrected chi connectivity index (χ3v) is 3.77. The summed E-state index contributed by atoms with van der Waals surface area (Å²) in [6, 6.07) is 18.5. The SMILES string of the molecule is O[C@H]1Cc2ccccc2[C@H]1NCC=Cc1ccccc1. The van der Waals surface area contributed by atoms with Crippen molar-refractivity contribution < 1.29 is 5.11 Å². The van der Waals surface area contributed by atoms with Crippen LogP contribution in [0, 0.1) is 0 Å². The molecule has 2 atom stereocenters. The van der Waals surface area contributed by atoms with E-state index in [2.05, 4.69) is 41.7 Å². The number of aliphatic hydroxyl groups is 1. The quantitative estimate of drug-likeness (QED) is 0.891. The molecule has 0 radical (unpaired) electrons. The van der Waals surface area contributed by atoms with Gasteiger partial charge in [0, 0.05) is 13.0 Å². The van der Waals surface area contributed by atoms with Gasteiger partial charge < -0.3 is 10.4 Å². The lowest BCUT2D eigenvalue weighted by Crippen LogP contribution is -2.28. The zero-order valence-corrected chi connectivity index (χ0v) is 11.4. The predicted molar refractivity (Wildman–Crippen MR) is 82.4 cm³/mol. The second-order valence-electron chi connectivity index (χ2n) is 5.17. The first-order valence-electron chi connectivity index (χ1n) is 7.05. The highest BCUT2D eigenvalue weighted by atomic mass is 16.3. The van der Waals surface area contributed by atoms with Gasteiger partial charge in [-0.1, -0.05) is 66.7 Å². The van der Waals surface area contributed by atoms with Crippen molar-refractivity contribution in [1.82, 2.24) is 5.32 Å². The number of hydrogen-bond acceptors (Lipinski definition) is 2. The Morgan fingerprint density at radius 3 is 2.65 bits per heavy atom. The summed E-state index contributed by atoms with van der Waals surface area (Å²) in [5, 5.41) is 13.6. The molecule has 0 fully saturated rings. The largest absolute Gasteiger partial charge is 0.391 e. The lowest BCUT2D eigenvalue weighted by Gasteiger charge is -2.16. The van der Waals surface area contributed by atoms with Gasteiger partial charge in [0.15, 0.2) is 0 Å². The van der Waals surface area contributed by atoms with Crippen molar-refractivity contribution in [2.24, 2.45) is 0 Å².